The third-order valence-corrected chi connectivity index (χ3v) is 4.71. The standard InChI is InChI=1S/C22H21N5O5/c1-14-18(21(30)27(26(14)2)17-7-5-4-6-8-17)24-19(28)20(29)25-23-13-15-9-11-16(12-10-15)22(31)32-3/h4-13H,1-3H3,(H,24,28)(H,25,29)/b23-13+. The molecule has 0 saturated carbocycles. The summed E-state index contributed by atoms with van der Waals surface area (Å²) in [4.78, 5) is 48.6. The van der Waals surface area contributed by atoms with E-state index in [-0.39, 0.29) is 5.69 Å². The Bertz CT molecular complexity index is 1240. The average molecular weight is 435 g/mol. The Kier molecular flexibility index (Phi) is 6.64. The first-order valence-electron chi connectivity index (χ1n) is 9.50. The van der Waals surface area contributed by atoms with Gasteiger partial charge in [-0.05, 0) is 36.8 Å². The predicted octanol–water partition coefficient (Wildman–Crippen LogP) is 1.36. The highest BCUT2D eigenvalue weighted by Crippen LogP contribution is 2.13. The molecular formula is C22H21N5O5. The van der Waals surface area contributed by atoms with Crippen molar-refractivity contribution in [2.24, 2.45) is 12.1 Å². The highest BCUT2D eigenvalue weighted by atomic mass is 16.5. The van der Waals surface area contributed by atoms with E-state index in [0.29, 0.717) is 22.5 Å². The Morgan fingerprint density at radius 1 is 1.00 bits per heavy atom. The molecule has 3 aromatic rings. The number of benzene rings is 2. The summed E-state index contributed by atoms with van der Waals surface area (Å²) in [6, 6.07) is 15.2. The molecule has 32 heavy (non-hydrogen) atoms. The number of hydrogen-bond acceptors (Lipinski definition) is 6. The van der Waals surface area contributed by atoms with E-state index in [2.05, 4.69) is 20.6 Å². The van der Waals surface area contributed by atoms with Crippen LogP contribution in [-0.2, 0) is 21.4 Å². The molecule has 0 atom stereocenters. The number of aromatic nitrogens is 2. The predicted molar refractivity (Wildman–Crippen MR) is 118 cm³/mol. The number of carbonyl (C=O) groups is 3. The number of hydrazone groups is 1. The van der Waals surface area contributed by atoms with Gasteiger partial charge in [-0.25, -0.2) is 14.9 Å². The smallest absolute Gasteiger partial charge is 0.337 e. The van der Waals surface area contributed by atoms with Gasteiger partial charge in [-0.15, -0.1) is 0 Å². The van der Waals surface area contributed by atoms with Crippen molar-refractivity contribution in [2.45, 2.75) is 6.92 Å². The maximum Gasteiger partial charge on any atom is 0.337 e. The number of amides is 2. The van der Waals surface area contributed by atoms with E-state index < -0.39 is 23.3 Å². The number of hydrogen-bond donors (Lipinski definition) is 2. The molecule has 164 valence electrons. The molecule has 0 saturated heterocycles. The van der Waals surface area contributed by atoms with Gasteiger partial charge in [0.15, 0.2) is 0 Å². The molecule has 0 aliphatic rings. The summed E-state index contributed by atoms with van der Waals surface area (Å²) in [5.74, 6) is -2.54. The van der Waals surface area contributed by atoms with Crippen molar-refractivity contribution >= 4 is 29.7 Å². The highest BCUT2D eigenvalue weighted by molar-refractivity contribution is 6.39. The second-order valence-electron chi connectivity index (χ2n) is 6.70. The Morgan fingerprint density at radius 2 is 1.66 bits per heavy atom. The van der Waals surface area contributed by atoms with E-state index >= 15 is 0 Å². The van der Waals surface area contributed by atoms with Crippen LogP contribution in [0.15, 0.2) is 64.5 Å². The van der Waals surface area contributed by atoms with Crippen LogP contribution >= 0.6 is 0 Å². The van der Waals surface area contributed by atoms with Crippen molar-refractivity contribution < 1.29 is 19.1 Å². The van der Waals surface area contributed by atoms with E-state index in [1.165, 1.54) is 30.1 Å². The molecule has 0 unspecified atom stereocenters. The number of ether oxygens (including phenoxy) is 1. The number of esters is 1. The minimum Gasteiger partial charge on any atom is -0.465 e. The maximum absolute atomic E-state index is 12.8. The van der Waals surface area contributed by atoms with Gasteiger partial charge in [-0.3, -0.25) is 19.1 Å². The normalized spacial score (nSPS) is 10.7. The van der Waals surface area contributed by atoms with Crippen molar-refractivity contribution in [1.82, 2.24) is 14.8 Å². The fourth-order valence-electron chi connectivity index (χ4n) is 2.92. The number of methoxy groups -OCH3 is 1. The van der Waals surface area contributed by atoms with Crippen LogP contribution in [0.4, 0.5) is 5.69 Å². The molecule has 0 aliphatic heterocycles. The lowest BCUT2D eigenvalue weighted by Crippen LogP contribution is -2.34. The largest absolute Gasteiger partial charge is 0.465 e. The number of anilines is 1. The number of para-hydroxylation sites is 1. The van der Waals surface area contributed by atoms with Gasteiger partial charge in [0, 0.05) is 7.05 Å². The lowest BCUT2D eigenvalue weighted by atomic mass is 10.1. The molecule has 0 fully saturated rings. The van der Waals surface area contributed by atoms with E-state index in [1.807, 2.05) is 6.07 Å². The molecule has 3 rings (SSSR count). The second-order valence-corrected chi connectivity index (χ2v) is 6.70. The average Bonchev–Trinajstić information content (AvgIpc) is 3.02. The molecule has 0 spiro atoms. The molecule has 2 aromatic carbocycles. The van der Waals surface area contributed by atoms with Gasteiger partial charge in [-0.2, -0.15) is 5.10 Å². The summed E-state index contributed by atoms with van der Waals surface area (Å²) >= 11 is 0. The first-order chi connectivity index (χ1) is 15.3. The zero-order chi connectivity index (χ0) is 23.3. The van der Waals surface area contributed by atoms with E-state index in [1.54, 1.807) is 55.1 Å². The minimum atomic E-state index is -1.04. The molecule has 0 aliphatic carbocycles. The minimum absolute atomic E-state index is 0.00104. The van der Waals surface area contributed by atoms with Gasteiger partial charge < -0.3 is 10.1 Å². The molecule has 1 heterocycles. The maximum atomic E-state index is 12.8. The zero-order valence-electron chi connectivity index (χ0n) is 17.7. The third kappa shape index (κ3) is 4.64. The topological polar surface area (TPSA) is 124 Å². The second kappa shape index (κ2) is 9.56. The van der Waals surface area contributed by atoms with Crippen molar-refractivity contribution in [3.05, 3.63) is 81.8 Å². The summed E-state index contributed by atoms with van der Waals surface area (Å²) in [6.07, 6.45) is 1.31. The van der Waals surface area contributed by atoms with Crippen molar-refractivity contribution in [1.29, 1.82) is 0 Å². The molecule has 1 aromatic heterocycles. The fourth-order valence-corrected chi connectivity index (χ4v) is 2.92. The van der Waals surface area contributed by atoms with Crippen LogP contribution in [-0.4, -0.2) is 40.5 Å². The lowest BCUT2D eigenvalue weighted by molar-refractivity contribution is -0.136. The summed E-state index contributed by atoms with van der Waals surface area (Å²) in [7, 11) is 2.96. The Hall–Kier alpha value is -4.47. The van der Waals surface area contributed by atoms with E-state index in [9.17, 15) is 19.2 Å². The number of rotatable bonds is 5. The molecule has 0 bridgehead atoms. The van der Waals surface area contributed by atoms with Gasteiger partial charge in [0.2, 0.25) is 0 Å². The quantitative estimate of drug-likeness (QED) is 0.271. The van der Waals surface area contributed by atoms with Gasteiger partial charge in [0.25, 0.3) is 5.56 Å². The number of carbonyl (C=O) groups excluding carboxylic acids is 3. The van der Waals surface area contributed by atoms with Crippen LogP contribution in [0.2, 0.25) is 0 Å². The Labute approximate surface area is 183 Å². The fraction of sp³-hybridized carbons (Fsp3) is 0.136. The van der Waals surface area contributed by atoms with Gasteiger partial charge in [-0.1, -0.05) is 30.3 Å². The summed E-state index contributed by atoms with van der Waals surface area (Å²) in [5.41, 5.74) is 3.69. The van der Waals surface area contributed by atoms with Crippen molar-refractivity contribution in [3.8, 4) is 5.69 Å². The molecule has 0 radical (unpaired) electrons. The number of nitrogens with one attached hydrogen (secondary N) is 2. The van der Waals surface area contributed by atoms with Crippen LogP contribution in [0.25, 0.3) is 5.69 Å². The van der Waals surface area contributed by atoms with Crippen LogP contribution in [0.3, 0.4) is 0 Å². The Morgan fingerprint density at radius 3 is 2.28 bits per heavy atom. The SMILES string of the molecule is COC(=O)c1ccc(/C=N/NC(=O)C(=O)Nc2c(C)n(C)n(-c3ccccc3)c2=O)cc1. The first kappa shape index (κ1) is 22.2. The Balaban J connectivity index is 1.67. The summed E-state index contributed by atoms with van der Waals surface area (Å²) in [6.45, 7) is 1.66. The summed E-state index contributed by atoms with van der Waals surface area (Å²) < 4.78 is 7.59. The van der Waals surface area contributed by atoms with Crippen molar-refractivity contribution in [2.75, 3.05) is 12.4 Å². The summed E-state index contributed by atoms with van der Waals surface area (Å²) in [5, 5.41) is 6.08. The molecule has 10 nitrogen and oxygen atoms in total. The van der Waals surface area contributed by atoms with Gasteiger partial charge in [0.05, 0.1) is 30.3 Å². The lowest BCUT2D eigenvalue weighted by Gasteiger charge is -2.07. The molecular weight excluding hydrogens is 414 g/mol. The highest BCUT2D eigenvalue weighted by Gasteiger charge is 2.21. The number of nitrogens with zero attached hydrogens (tertiary/aromatic N) is 3. The monoisotopic (exact) mass is 435 g/mol. The molecule has 2 amide bonds. The molecule has 2 N–H and O–H groups in total. The van der Waals surface area contributed by atoms with Crippen molar-refractivity contribution in [3.63, 3.8) is 0 Å². The van der Waals surface area contributed by atoms with E-state index in [4.69, 9.17) is 0 Å². The van der Waals surface area contributed by atoms with Crippen LogP contribution < -0.4 is 16.3 Å². The third-order valence-electron chi connectivity index (χ3n) is 4.71. The molecule has 10 heteroatoms. The van der Waals surface area contributed by atoms with Crippen LogP contribution in [0, 0.1) is 6.92 Å². The first-order valence-corrected chi connectivity index (χ1v) is 9.50. The van der Waals surface area contributed by atoms with Crippen LogP contribution in [0.5, 0.6) is 0 Å². The van der Waals surface area contributed by atoms with Gasteiger partial charge >= 0.3 is 17.8 Å². The van der Waals surface area contributed by atoms with Crippen LogP contribution in [0.1, 0.15) is 21.6 Å². The zero-order valence-corrected chi connectivity index (χ0v) is 17.7. The van der Waals surface area contributed by atoms with Gasteiger partial charge in [0.1, 0.15) is 5.69 Å². The van der Waals surface area contributed by atoms with E-state index in [0.717, 1.165) is 0 Å².